The first-order valence-electron chi connectivity index (χ1n) is 9.79. The Morgan fingerprint density at radius 1 is 1.29 bits per heavy atom. The van der Waals surface area contributed by atoms with E-state index in [2.05, 4.69) is 20.5 Å². The number of carboxylic acid groups (broad SMARTS) is 1. The van der Waals surface area contributed by atoms with Crippen LogP contribution < -0.4 is 25.9 Å². The van der Waals surface area contributed by atoms with Crippen LogP contribution in [0.3, 0.4) is 0 Å². The zero-order valence-electron chi connectivity index (χ0n) is 17.0. The van der Waals surface area contributed by atoms with Crippen LogP contribution in [0, 0.1) is 0 Å². The molecule has 1 heterocycles. The molecule has 0 fully saturated rings. The number of amides is 1. The van der Waals surface area contributed by atoms with Crippen molar-refractivity contribution in [1.82, 2.24) is 20.5 Å². The van der Waals surface area contributed by atoms with Crippen molar-refractivity contribution in [3.05, 3.63) is 29.8 Å². The van der Waals surface area contributed by atoms with Gasteiger partial charge in [-0.3, -0.25) is 19.6 Å². The summed E-state index contributed by atoms with van der Waals surface area (Å²) in [7, 11) is -3.87. The van der Waals surface area contributed by atoms with E-state index in [4.69, 9.17) is 15.6 Å². The molecule has 172 valence electrons. The highest BCUT2D eigenvalue weighted by Gasteiger charge is 2.22. The fourth-order valence-electron chi connectivity index (χ4n) is 2.60. The highest BCUT2D eigenvalue weighted by atomic mass is 32.2. The van der Waals surface area contributed by atoms with Crippen molar-refractivity contribution in [2.75, 3.05) is 45.1 Å². The molecule has 13 heteroatoms. The number of nitrogens with two attached hydrogens (primary N) is 1. The third-order valence-electron chi connectivity index (χ3n) is 4.09. The first-order valence-corrected chi connectivity index (χ1v) is 11.4. The average Bonchev–Trinajstić information content (AvgIpc) is 2.74. The predicted molar refractivity (Wildman–Crippen MR) is 114 cm³/mol. The predicted octanol–water partition coefficient (Wildman–Crippen LogP) is -1.29. The van der Waals surface area contributed by atoms with Crippen LogP contribution in [0.5, 0.6) is 5.75 Å². The van der Waals surface area contributed by atoms with Crippen LogP contribution in [0.2, 0.25) is 0 Å². The van der Waals surface area contributed by atoms with Gasteiger partial charge in [-0.2, -0.15) is 0 Å². The number of ether oxygens (including phenoxy) is 1. The number of guanidine groups is 1. The Kier molecular flexibility index (Phi) is 9.49. The topological polar surface area (TPSA) is 175 Å². The van der Waals surface area contributed by atoms with E-state index in [1.807, 2.05) is 0 Å². The molecule has 31 heavy (non-hydrogen) atoms. The number of rotatable bonds is 12. The van der Waals surface area contributed by atoms with E-state index < -0.39 is 34.1 Å². The normalized spacial score (nSPS) is 13.6. The van der Waals surface area contributed by atoms with Crippen molar-refractivity contribution in [2.45, 2.75) is 12.8 Å². The van der Waals surface area contributed by atoms with Crippen LogP contribution in [-0.4, -0.2) is 81.5 Å². The molecule has 2 rings (SSSR count). The minimum absolute atomic E-state index is 0.138. The lowest BCUT2D eigenvalue weighted by molar-refractivity contribution is -0.137. The number of nitrogens with one attached hydrogen (secondary N) is 3. The smallest absolute Gasteiger partial charge is 0.305 e. The Labute approximate surface area is 180 Å². The van der Waals surface area contributed by atoms with Crippen molar-refractivity contribution in [1.29, 1.82) is 0 Å². The third-order valence-corrected chi connectivity index (χ3v) is 5.36. The molecule has 0 atom stereocenters. The maximum absolute atomic E-state index is 12.7. The van der Waals surface area contributed by atoms with Crippen molar-refractivity contribution in [3.63, 3.8) is 0 Å². The second kappa shape index (κ2) is 12.1. The molecular formula is C18H28N6O6S. The van der Waals surface area contributed by atoms with Gasteiger partial charge < -0.3 is 26.2 Å². The molecule has 0 aromatic heterocycles. The lowest BCUT2D eigenvalue weighted by Gasteiger charge is -2.22. The van der Waals surface area contributed by atoms with Gasteiger partial charge in [-0.25, -0.2) is 8.42 Å². The number of hydrogen-bond acceptors (Lipinski definition) is 9. The molecule has 1 amide bonds. The quantitative estimate of drug-likeness (QED) is 0.189. The van der Waals surface area contributed by atoms with E-state index in [1.54, 1.807) is 12.1 Å². The summed E-state index contributed by atoms with van der Waals surface area (Å²) in [5.41, 5.74) is 5.44. The fraction of sp³-hybridized carbons (Fsp3) is 0.500. The van der Waals surface area contributed by atoms with Gasteiger partial charge in [-0.1, -0.05) is 0 Å². The highest BCUT2D eigenvalue weighted by Crippen LogP contribution is 2.14. The molecular weight excluding hydrogens is 428 g/mol. The first-order chi connectivity index (χ1) is 14.8. The number of aliphatic carboxylic acids is 1. The van der Waals surface area contributed by atoms with Gasteiger partial charge in [0.15, 0.2) is 5.96 Å². The lowest BCUT2D eigenvalue weighted by atomic mass is 10.2. The summed E-state index contributed by atoms with van der Waals surface area (Å²) in [6.07, 6.45) is 0.584. The molecule has 1 aliphatic heterocycles. The zero-order valence-corrected chi connectivity index (χ0v) is 17.9. The van der Waals surface area contributed by atoms with Crippen LogP contribution in [-0.2, 0) is 14.8 Å². The standard InChI is InChI=1S/C18H28N6O6S/c19-7-13-31(28,29)23-24(11-6-16(25)26)17(27)14-2-4-15(5-3-14)30-12-10-22-18-20-8-1-9-21-18/h2-5,23H,1,6-13,19H2,(H,25,26)(H2,20,21,22). The maximum Gasteiger partial charge on any atom is 0.305 e. The Bertz CT molecular complexity index is 874. The number of benzene rings is 1. The van der Waals surface area contributed by atoms with Gasteiger partial charge in [0, 0.05) is 31.7 Å². The van der Waals surface area contributed by atoms with Gasteiger partial charge >= 0.3 is 5.97 Å². The van der Waals surface area contributed by atoms with Crippen LogP contribution in [0.15, 0.2) is 29.3 Å². The summed E-state index contributed by atoms with van der Waals surface area (Å²) in [6.45, 7) is 2.11. The summed E-state index contributed by atoms with van der Waals surface area (Å²) in [4.78, 5) is 29.9. The number of carbonyl (C=O) groups excluding carboxylic acids is 1. The van der Waals surface area contributed by atoms with E-state index in [-0.39, 0.29) is 18.7 Å². The molecule has 1 aliphatic rings. The van der Waals surface area contributed by atoms with Gasteiger partial charge in [0.1, 0.15) is 12.4 Å². The van der Waals surface area contributed by atoms with Crippen LogP contribution in [0.25, 0.3) is 0 Å². The summed E-state index contributed by atoms with van der Waals surface area (Å²) in [5.74, 6) is -0.974. The van der Waals surface area contributed by atoms with E-state index in [9.17, 15) is 18.0 Å². The molecule has 0 aliphatic carbocycles. The second-order valence-electron chi connectivity index (χ2n) is 6.61. The van der Waals surface area contributed by atoms with Crippen LogP contribution >= 0.6 is 0 Å². The van der Waals surface area contributed by atoms with Crippen LogP contribution in [0.4, 0.5) is 0 Å². The van der Waals surface area contributed by atoms with E-state index in [1.165, 1.54) is 12.1 Å². The van der Waals surface area contributed by atoms with Gasteiger partial charge in [-0.15, -0.1) is 4.83 Å². The molecule has 12 nitrogen and oxygen atoms in total. The maximum atomic E-state index is 12.7. The summed E-state index contributed by atoms with van der Waals surface area (Å²) < 4.78 is 29.5. The molecule has 0 bridgehead atoms. The molecule has 1 aromatic carbocycles. The van der Waals surface area contributed by atoms with E-state index in [0.29, 0.717) is 18.9 Å². The van der Waals surface area contributed by atoms with Crippen molar-refractivity contribution in [2.24, 2.45) is 10.7 Å². The number of carboxylic acids is 1. The minimum Gasteiger partial charge on any atom is -0.492 e. The Hall–Kier alpha value is -2.90. The molecule has 0 unspecified atom stereocenters. The Morgan fingerprint density at radius 3 is 2.65 bits per heavy atom. The van der Waals surface area contributed by atoms with Crippen molar-refractivity contribution >= 4 is 27.9 Å². The molecule has 0 saturated carbocycles. The highest BCUT2D eigenvalue weighted by molar-refractivity contribution is 7.89. The Balaban J connectivity index is 1.93. The second-order valence-corrected chi connectivity index (χ2v) is 8.43. The molecule has 0 saturated heterocycles. The Morgan fingerprint density at radius 2 is 2.03 bits per heavy atom. The van der Waals surface area contributed by atoms with Gasteiger partial charge in [-0.05, 0) is 30.7 Å². The molecule has 0 radical (unpaired) electrons. The lowest BCUT2D eigenvalue weighted by Crippen LogP contribution is -2.48. The number of nitrogens with zero attached hydrogens (tertiary/aromatic N) is 2. The number of carbonyl (C=O) groups is 2. The number of aliphatic imine (C=N–C) groups is 1. The SMILES string of the molecule is NCCS(=O)(=O)NN(CCC(=O)O)C(=O)c1ccc(OCCNC2=NCCCN2)cc1. The average molecular weight is 457 g/mol. The number of sulfonamides is 1. The summed E-state index contributed by atoms with van der Waals surface area (Å²) >= 11 is 0. The van der Waals surface area contributed by atoms with Gasteiger partial charge in [0.05, 0.1) is 18.7 Å². The molecule has 6 N–H and O–H groups in total. The van der Waals surface area contributed by atoms with Gasteiger partial charge in [0.25, 0.3) is 5.91 Å². The van der Waals surface area contributed by atoms with Crippen molar-refractivity contribution in [3.8, 4) is 5.75 Å². The number of hydrogen-bond donors (Lipinski definition) is 5. The van der Waals surface area contributed by atoms with E-state index in [0.717, 1.165) is 30.5 Å². The third kappa shape index (κ3) is 8.78. The fourth-order valence-corrected chi connectivity index (χ4v) is 3.52. The van der Waals surface area contributed by atoms with Crippen LogP contribution in [0.1, 0.15) is 23.2 Å². The number of hydrazine groups is 1. The first kappa shape index (κ1) is 24.4. The van der Waals surface area contributed by atoms with Gasteiger partial charge in [0.2, 0.25) is 10.0 Å². The summed E-state index contributed by atoms with van der Waals surface area (Å²) in [5, 5.41) is 15.9. The molecule has 0 spiro atoms. The minimum atomic E-state index is -3.87. The van der Waals surface area contributed by atoms with E-state index >= 15 is 0 Å². The largest absolute Gasteiger partial charge is 0.492 e. The molecule has 1 aromatic rings. The van der Waals surface area contributed by atoms with Crippen molar-refractivity contribution < 1.29 is 27.9 Å². The summed E-state index contributed by atoms with van der Waals surface area (Å²) in [6, 6.07) is 6.10. The monoisotopic (exact) mass is 456 g/mol. The zero-order chi connectivity index (χ0) is 22.7.